The van der Waals surface area contributed by atoms with Crippen molar-refractivity contribution < 1.29 is 17.9 Å². The monoisotopic (exact) mass is 492 g/mol. The summed E-state index contributed by atoms with van der Waals surface area (Å²) in [7, 11) is -2.25. The second kappa shape index (κ2) is 9.53. The molecule has 1 saturated heterocycles. The number of ether oxygens (including phenoxy) is 1. The van der Waals surface area contributed by atoms with Gasteiger partial charge in [-0.3, -0.25) is 10.1 Å². The Bertz CT molecular complexity index is 1200. The highest BCUT2D eigenvalue weighted by atomic mass is 35.5. The molecule has 2 heterocycles. The number of hydrogen-bond acceptors (Lipinski definition) is 7. The van der Waals surface area contributed by atoms with Gasteiger partial charge in [0.2, 0.25) is 21.1 Å². The molecule has 168 valence electrons. The van der Waals surface area contributed by atoms with Gasteiger partial charge in [0.15, 0.2) is 0 Å². The van der Waals surface area contributed by atoms with Crippen LogP contribution >= 0.6 is 22.9 Å². The first kappa shape index (κ1) is 22.7. The Morgan fingerprint density at radius 2 is 1.84 bits per heavy atom. The van der Waals surface area contributed by atoms with E-state index in [1.54, 1.807) is 7.11 Å². The Kier molecular flexibility index (Phi) is 6.75. The number of nitrogens with one attached hydrogen (secondary N) is 1. The first-order valence-corrected chi connectivity index (χ1v) is 12.6. The van der Waals surface area contributed by atoms with Crippen molar-refractivity contribution in [2.24, 2.45) is 0 Å². The molecule has 2 aromatic carbocycles. The van der Waals surface area contributed by atoms with Crippen LogP contribution in [0.3, 0.4) is 0 Å². The number of hydrogen-bond donors (Lipinski definition) is 1. The molecule has 0 saturated carbocycles. The van der Waals surface area contributed by atoms with Crippen LogP contribution in [0.5, 0.6) is 5.75 Å². The number of piperidine rings is 1. The van der Waals surface area contributed by atoms with Crippen LogP contribution < -0.4 is 10.1 Å². The first-order chi connectivity index (χ1) is 15.4. The minimum absolute atomic E-state index is 0.110. The zero-order valence-electron chi connectivity index (χ0n) is 17.2. The lowest BCUT2D eigenvalue weighted by Gasteiger charge is -2.33. The van der Waals surface area contributed by atoms with Gasteiger partial charge in [-0.2, -0.15) is 4.31 Å². The predicted octanol–water partition coefficient (Wildman–Crippen LogP) is 4.05. The normalized spacial score (nSPS) is 17.1. The quantitative estimate of drug-likeness (QED) is 0.557. The number of halogens is 1. The molecular formula is C21H21ClN4O4S2. The topological polar surface area (TPSA) is 101 Å². The number of nitrogens with zero attached hydrogens (tertiary/aromatic N) is 3. The molecule has 0 unspecified atom stereocenters. The van der Waals surface area contributed by atoms with E-state index in [1.807, 2.05) is 24.3 Å². The molecule has 1 fully saturated rings. The molecule has 8 nitrogen and oxygen atoms in total. The molecule has 4 rings (SSSR count). The number of amides is 1. The Labute approximate surface area is 195 Å². The molecule has 0 spiro atoms. The van der Waals surface area contributed by atoms with E-state index in [4.69, 9.17) is 16.3 Å². The maximum atomic E-state index is 13.2. The molecule has 1 aliphatic heterocycles. The fourth-order valence-corrected chi connectivity index (χ4v) is 6.04. The average molecular weight is 493 g/mol. The van der Waals surface area contributed by atoms with E-state index in [2.05, 4.69) is 15.5 Å². The van der Waals surface area contributed by atoms with Gasteiger partial charge in [-0.1, -0.05) is 29.4 Å². The SMILES string of the molecule is COc1ccc(-c2nnc(NC(=O)[C@H]3CCCCN3S(=O)(=O)c3ccc(Cl)cc3)s2)cc1. The summed E-state index contributed by atoms with van der Waals surface area (Å²) in [5.74, 6) is 0.311. The summed E-state index contributed by atoms with van der Waals surface area (Å²) in [6.07, 6.45) is 1.89. The van der Waals surface area contributed by atoms with Gasteiger partial charge < -0.3 is 4.74 Å². The van der Waals surface area contributed by atoms with Crippen LogP contribution in [-0.4, -0.2) is 48.5 Å². The van der Waals surface area contributed by atoms with Gasteiger partial charge in [0, 0.05) is 17.1 Å². The lowest BCUT2D eigenvalue weighted by molar-refractivity contribution is -0.120. The third-order valence-electron chi connectivity index (χ3n) is 5.17. The van der Waals surface area contributed by atoms with E-state index in [0.717, 1.165) is 17.7 Å². The fraction of sp³-hybridized carbons (Fsp3) is 0.286. The van der Waals surface area contributed by atoms with E-state index in [-0.39, 0.29) is 11.4 Å². The van der Waals surface area contributed by atoms with E-state index in [1.165, 1.54) is 39.9 Å². The zero-order chi connectivity index (χ0) is 22.7. The van der Waals surface area contributed by atoms with Crippen molar-refractivity contribution in [3.05, 3.63) is 53.6 Å². The van der Waals surface area contributed by atoms with Crippen molar-refractivity contribution in [1.82, 2.24) is 14.5 Å². The van der Waals surface area contributed by atoms with Crippen LogP contribution in [0.15, 0.2) is 53.4 Å². The summed E-state index contributed by atoms with van der Waals surface area (Å²) >= 11 is 7.11. The molecule has 1 N–H and O–H groups in total. The van der Waals surface area contributed by atoms with Crippen molar-refractivity contribution in [3.63, 3.8) is 0 Å². The van der Waals surface area contributed by atoms with Gasteiger partial charge in [-0.05, 0) is 61.4 Å². The highest BCUT2D eigenvalue weighted by molar-refractivity contribution is 7.89. The second-order valence-electron chi connectivity index (χ2n) is 7.21. The van der Waals surface area contributed by atoms with E-state index in [0.29, 0.717) is 28.0 Å². The van der Waals surface area contributed by atoms with Gasteiger partial charge >= 0.3 is 0 Å². The molecule has 0 aliphatic carbocycles. The van der Waals surface area contributed by atoms with Gasteiger partial charge in [0.05, 0.1) is 12.0 Å². The maximum Gasteiger partial charge on any atom is 0.244 e. The molecule has 3 aromatic rings. The Balaban J connectivity index is 1.51. The summed E-state index contributed by atoms with van der Waals surface area (Å²) in [4.78, 5) is 13.1. The van der Waals surface area contributed by atoms with E-state index < -0.39 is 22.0 Å². The standard InChI is InChI=1S/C21H21ClN4O4S2/c1-30-16-9-5-14(6-10-16)20-24-25-21(31-20)23-19(27)18-4-2-3-13-26(18)32(28,29)17-11-7-15(22)8-12-17/h5-12,18H,2-4,13H2,1H3,(H,23,25,27)/t18-/m1/s1. The number of anilines is 1. The summed E-state index contributed by atoms with van der Waals surface area (Å²) in [5.41, 5.74) is 0.841. The van der Waals surface area contributed by atoms with Crippen molar-refractivity contribution in [1.29, 1.82) is 0 Å². The zero-order valence-corrected chi connectivity index (χ0v) is 19.6. The number of aromatic nitrogens is 2. The van der Waals surface area contributed by atoms with Crippen LogP contribution in [0.2, 0.25) is 5.02 Å². The van der Waals surface area contributed by atoms with E-state index in [9.17, 15) is 13.2 Å². The number of carbonyl (C=O) groups is 1. The number of sulfonamides is 1. The highest BCUT2D eigenvalue weighted by Gasteiger charge is 2.38. The molecule has 1 atom stereocenters. The summed E-state index contributed by atoms with van der Waals surface area (Å²) in [6, 6.07) is 12.5. The van der Waals surface area contributed by atoms with Crippen molar-refractivity contribution in [3.8, 4) is 16.3 Å². The largest absolute Gasteiger partial charge is 0.497 e. The number of rotatable bonds is 6. The fourth-order valence-electron chi connectivity index (χ4n) is 3.51. The molecule has 0 radical (unpaired) electrons. The summed E-state index contributed by atoms with van der Waals surface area (Å²) in [6.45, 7) is 0.274. The third kappa shape index (κ3) is 4.78. The minimum atomic E-state index is -3.84. The van der Waals surface area contributed by atoms with Crippen LogP contribution in [0.25, 0.3) is 10.6 Å². The average Bonchev–Trinajstić information content (AvgIpc) is 3.28. The first-order valence-electron chi connectivity index (χ1n) is 9.95. The molecule has 1 aliphatic rings. The smallest absolute Gasteiger partial charge is 0.244 e. The maximum absolute atomic E-state index is 13.2. The molecule has 0 bridgehead atoms. The van der Waals surface area contributed by atoms with Crippen LogP contribution in [0, 0.1) is 0 Å². The van der Waals surface area contributed by atoms with Crippen molar-refractivity contribution in [2.75, 3.05) is 19.0 Å². The highest BCUT2D eigenvalue weighted by Crippen LogP contribution is 2.30. The lowest BCUT2D eigenvalue weighted by Crippen LogP contribution is -2.49. The van der Waals surface area contributed by atoms with Gasteiger partial charge in [-0.15, -0.1) is 10.2 Å². The minimum Gasteiger partial charge on any atom is -0.497 e. The Morgan fingerprint density at radius 3 is 2.53 bits per heavy atom. The molecule has 32 heavy (non-hydrogen) atoms. The number of carbonyl (C=O) groups excluding carboxylic acids is 1. The number of benzene rings is 2. The van der Waals surface area contributed by atoms with E-state index >= 15 is 0 Å². The third-order valence-corrected chi connectivity index (χ3v) is 8.23. The van der Waals surface area contributed by atoms with Crippen molar-refractivity contribution in [2.45, 2.75) is 30.2 Å². The Hall–Kier alpha value is -2.53. The lowest BCUT2D eigenvalue weighted by atomic mass is 10.0. The second-order valence-corrected chi connectivity index (χ2v) is 10.5. The Morgan fingerprint density at radius 1 is 1.12 bits per heavy atom. The summed E-state index contributed by atoms with van der Waals surface area (Å²) in [5, 5.41) is 12.3. The van der Waals surface area contributed by atoms with Crippen LogP contribution in [-0.2, 0) is 14.8 Å². The van der Waals surface area contributed by atoms with Crippen molar-refractivity contribution >= 4 is 44.0 Å². The number of methoxy groups -OCH3 is 1. The molecular weight excluding hydrogens is 472 g/mol. The predicted molar refractivity (Wildman–Crippen MR) is 124 cm³/mol. The molecule has 1 amide bonds. The van der Waals surface area contributed by atoms with Gasteiger partial charge in [0.1, 0.15) is 16.8 Å². The van der Waals surface area contributed by atoms with Crippen LogP contribution in [0.1, 0.15) is 19.3 Å². The molecule has 1 aromatic heterocycles. The summed E-state index contributed by atoms with van der Waals surface area (Å²) < 4.78 is 32.8. The molecule has 11 heteroatoms. The van der Waals surface area contributed by atoms with Gasteiger partial charge in [0.25, 0.3) is 0 Å². The van der Waals surface area contributed by atoms with Crippen LogP contribution in [0.4, 0.5) is 5.13 Å². The van der Waals surface area contributed by atoms with Gasteiger partial charge in [-0.25, -0.2) is 8.42 Å².